The van der Waals surface area contributed by atoms with Gasteiger partial charge in [0.25, 0.3) is 0 Å². The number of aliphatic hydroxyl groups is 1. The van der Waals surface area contributed by atoms with E-state index >= 15 is 0 Å². The number of likely N-dealkylation sites (N-methyl/N-ethyl adjacent to an activating group) is 1. The number of carboxylic acid groups (broad SMARTS) is 1. The molecule has 0 saturated heterocycles. The lowest BCUT2D eigenvalue weighted by molar-refractivity contribution is -0.139. The molecule has 0 fully saturated rings. The topological polar surface area (TPSA) is 89.9 Å². The predicted octanol–water partition coefficient (Wildman–Crippen LogP) is 0.263. The van der Waals surface area contributed by atoms with Crippen LogP contribution >= 0.6 is 0 Å². The highest BCUT2D eigenvalue weighted by Crippen LogP contribution is 1.99. The second kappa shape index (κ2) is 7.92. The van der Waals surface area contributed by atoms with Crippen molar-refractivity contribution in [2.45, 2.75) is 32.7 Å². The Morgan fingerprint density at radius 1 is 1.38 bits per heavy atom. The lowest BCUT2D eigenvalue weighted by atomic mass is 10.2. The molecule has 0 aliphatic heterocycles. The Kier molecular flexibility index (Phi) is 7.28. The summed E-state index contributed by atoms with van der Waals surface area (Å²) in [5.74, 6) is -1.03. The Bertz CT molecular complexity index is 233. The largest absolute Gasteiger partial charge is 0.480 e. The van der Waals surface area contributed by atoms with E-state index in [0.29, 0.717) is 19.4 Å². The van der Waals surface area contributed by atoms with Crippen LogP contribution < -0.4 is 5.32 Å². The second-order valence-corrected chi connectivity index (χ2v) is 3.43. The highest BCUT2D eigenvalue weighted by Gasteiger charge is 2.21. The van der Waals surface area contributed by atoms with Crippen LogP contribution in [-0.4, -0.2) is 52.9 Å². The minimum atomic E-state index is -1.03. The van der Waals surface area contributed by atoms with Gasteiger partial charge in [-0.15, -0.1) is 0 Å². The molecule has 0 spiro atoms. The standard InChI is InChI=1S/C10H20N2O4/c1-3-5-8(9(14)15)11-10(16)12(4-2)6-7-13/h8,13H,3-7H2,1-2H3,(H,11,16)(H,14,15)/t8-/m1/s1. The molecule has 0 radical (unpaired) electrons. The van der Waals surface area contributed by atoms with Crippen molar-refractivity contribution in [2.24, 2.45) is 0 Å². The fourth-order valence-electron chi connectivity index (χ4n) is 1.31. The van der Waals surface area contributed by atoms with Crippen LogP contribution in [0.3, 0.4) is 0 Å². The number of aliphatic hydroxyl groups excluding tert-OH is 1. The van der Waals surface area contributed by atoms with E-state index in [1.807, 2.05) is 6.92 Å². The van der Waals surface area contributed by atoms with Gasteiger partial charge in [-0.05, 0) is 13.3 Å². The molecule has 6 heteroatoms. The fourth-order valence-corrected chi connectivity index (χ4v) is 1.31. The minimum Gasteiger partial charge on any atom is -0.480 e. The molecule has 16 heavy (non-hydrogen) atoms. The van der Waals surface area contributed by atoms with Crippen molar-refractivity contribution in [3.8, 4) is 0 Å². The summed E-state index contributed by atoms with van der Waals surface area (Å²) < 4.78 is 0. The molecule has 0 aromatic heterocycles. The molecule has 0 rings (SSSR count). The molecule has 94 valence electrons. The zero-order valence-corrected chi connectivity index (χ0v) is 9.77. The van der Waals surface area contributed by atoms with Gasteiger partial charge in [0.15, 0.2) is 0 Å². The first kappa shape index (κ1) is 14.7. The number of hydrogen-bond donors (Lipinski definition) is 3. The summed E-state index contributed by atoms with van der Waals surface area (Å²) in [6.45, 7) is 4.14. The van der Waals surface area contributed by atoms with Crippen LogP contribution in [0.1, 0.15) is 26.7 Å². The normalized spacial score (nSPS) is 11.9. The summed E-state index contributed by atoms with van der Waals surface area (Å²) in [5, 5.41) is 20.0. The molecule has 0 aromatic rings. The Hall–Kier alpha value is -1.30. The monoisotopic (exact) mass is 232 g/mol. The average molecular weight is 232 g/mol. The molecule has 0 aromatic carbocycles. The van der Waals surface area contributed by atoms with Crippen molar-refractivity contribution < 1.29 is 19.8 Å². The molecule has 0 unspecified atom stereocenters. The Morgan fingerprint density at radius 3 is 2.38 bits per heavy atom. The third-order valence-corrected chi connectivity index (χ3v) is 2.21. The maximum atomic E-state index is 11.6. The van der Waals surface area contributed by atoms with Gasteiger partial charge in [-0.1, -0.05) is 13.3 Å². The predicted molar refractivity (Wildman–Crippen MR) is 59.2 cm³/mol. The van der Waals surface area contributed by atoms with Gasteiger partial charge in [-0.3, -0.25) is 0 Å². The Morgan fingerprint density at radius 2 is 2.00 bits per heavy atom. The van der Waals surface area contributed by atoms with E-state index in [9.17, 15) is 9.59 Å². The lowest BCUT2D eigenvalue weighted by Gasteiger charge is -2.22. The molecule has 0 aliphatic carbocycles. The highest BCUT2D eigenvalue weighted by atomic mass is 16.4. The summed E-state index contributed by atoms with van der Waals surface area (Å²) in [5.41, 5.74) is 0. The number of amides is 2. The van der Waals surface area contributed by atoms with E-state index in [2.05, 4.69) is 5.32 Å². The summed E-state index contributed by atoms with van der Waals surface area (Å²) >= 11 is 0. The van der Waals surface area contributed by atoms with Gasteiger partial charge >= 0.3 is 12.0 Å². The van der Waals surface area contributed by atoms with Crippen molar-refractivity contribution in [3.63, 3.8) is 0 Å². The molecule has 1 atom stereocenters. The fraction of sp³-hybridized carbons (Fsp3) is 0.800. The van der Waals surface area contributed by atoms with Crippen LogP contribution in [-0.2, 0) is 4.79 Å². The lowest BCUT2D eigenvalue weighted by Crippen LogP contribution is -2.48. The van der Waals surface area contributed by atoms with Gasteiger partial charge in [0.05, 0.1) is 6.61 Å². The van der Waals surface area contributed by atoms with Crippen molar-refractivity contribution in [2.75, 3.05) is 19.7 Å². The first-order valence-electron chi connectivity index (χ1n) is 5.45. The highest BCUT2D eigenvalue weighted by molar-refractivity contribution is 5.82. The quantitative estimate of drug-likeness (QED) is 0.587. The molecule has 0 heterocycles. The number of carbonyl (C=O) groups excluding carboxylic acids is 1. The van der Waals surface area contributed by atoms with Crippen LogP contribution in [0.4, 0.5) is 4.79 Å². The molecular formula is C10H20N2O4. The zero-order valence-electron chi connectivity index (χ0n) is 9.77. The molecule has 2 amide bonds. The third kappa shape index (κ3) is 4.97. The van der Waals surface area contributed by atoms with Crippen molar-refractivity contribution >= 4 is 12.0 Å². The molecular weight excluding hydrogens is 212 g/mol. The van der Waals surface area contributed by atoms with Gasteiger partial charge in [0.1, 0.15) is 6.04 Å². The molecule has 0 saturated carbocycles. The van der Waals surface area contributed by atoms with Crippen molar-refractivity contribution in [1.82, 2.24) is 10.2 Å². The van der Waals surface area contributed by atoms with Gasteiger partial charge in [0, 0.05) is 13.1 Å². The van der Waals surface area contributed by atoms with E-state index in [1.165, 1.54) is 4.90 Å². The summed E-state index contributed by atoms with van der Waals surface area (Å²) in [6, 6.07) is -1.30. The van der Waals surface area contributed by atoms with Crippen molar-refractivity contribution in [1.29, 1.82) is 0 Å². The third-order valence-electron chi connectivity index (χ3n) is 2.21. The number of hydrogen-bond acceptors (Lipinski definition) is 3. The van der Waals surface area contributed by atoms with Crippen LogP contribution in [0, 0.1) is 0 Å². The Balaban J connectivity index is 4.31. The number of carbonyl (C=O) groups is 2. The molecule has 3 N–H and O–H groups in total. The first-order valence-corrected chi connectivity index (χ1v) is 5.45. The van der Waals surface area contributed by atoms with E-state index in [0.717, 1.165) is 0 Å². The summed E-state index contributed by atoms with van der Waals surface area (Å²) in [4.78, 5) is 23.8. The maximum absolute atomic E-state index is 11.6. The van der Waals surface area contributed by atoms with E-state index < -0.39 is 18.0 Å². The number of nitrogens with zero attached hydrogens (tertiary/aromatic N) is 1. The number of nitrogens with one attached hydrogen (secondary N) is 1. The second-order valence-electron chi connectivity index (χ2n) is 3.43. The van der Waals surface area contributed by atoms with Gasteiger partial charge < -0.3 is 20.4 Å². The van der Waals surface area contributed by atoms with Gasteiger partial charge in [0.2, 0.25) is 0 Å². The number of rotatable bonds is 7. The van der Waals surface area contributed by atoms with Crippen LogP contribution in [0.2, 0.25) is 0 Å². The van der Waals surface area contributed by atoms with Crippen LogP contribution in [0.25, 0.3) is 0 Å². The molecule has 6 nitrogen and oxygen atoms in total. The first-order chi connectivity index (χ1) is 7.56. The molecule has 0 aliphatic rings. The van der Waals surface area contributed by atoms with Crippen molar-refractivity contribution in [3.05, 3.63) is 0 Å². The van der Waals surface area contributed by atoms with E-state index in [1.54, 1.807) is 6.92 Å². The Labute approximate surface area is 95.2 Å². The van der Waals surface area contributed by atoms with Gasteiger partial charge in [-0.25, -0.2) is 9.59 Å². The van der Waals surface area contributed by atoms with E-state index in [4.69, 9.17) is 10.2 Å². The van der Waals surface area contributed by atoms with Gasteiger partial charge in [-0.2, -0.15) is 0 Å². The molecule has 0 bridgehead atoms. The summed E-state index contributed by atoms with van der Waals surface area (Å²) in [7, 11) is 0. The van der Waals surface area contributed by atoms with E-state index in [-0.39, 0.29) is 13.2 Å². The maximum Gasteiger partial charge on any atom is 0.326 e. The number of carboxylic acids is 1. The summed E-state index contributed by atoms with van der Waals surface area (Å²) in [6.07, 6.45) is 1.08. The zero-order chi connectivity index (χ0) is 12.6. The van der Waals surface area contributed by atoms with Crippen LogP contribution in [0.5, 0.6) is 0 Å². The number of urea groups is 1. The average Bonchev–Trinajstić information content (AvgIpc) is 2.24. The van der Waals surface area contributed by atoms with Crippen LogP contribution in [0.15, 0.2) is 0 Å². The minimum absolute atomic E-state index is 0.132. The number of aliphatic carboxylic acids is 1. The smallest absolute Gasteiger partial charge is 0.326 e. The SMILES string of the molecule is CCC[C@@H](NC(=O)N(CC)CCO)C(=O)O.